The number of hydrogen-bond acceptors (Lipinski definition) is 1. The van der Waals surface area contributed by atoms with Crippen LogP contribution in [-0.4, -0.2) is 5.11 Å². The Balaban J connectivity index is 1.95. The topological polar surface area (TPSA) is 20.2 Å². The van der Waals surface area contributed by atoms with Gasteiger partial charge in [-0.15, -0.1) is 0 Å². The lowest BCUT2D eigenvalue weighted by Crippen LogP contribution is -1.94. The molecule has 0 saturated heterocycles. The highest BCUT2D eigenvalue weighted by Gasteiger charge is 2.12. The van der Waals surface area contributed by atoms with Gasteiger partial charge in [0.1, 0.15) is 5.75 Å². The number of rotatable bonds is 4. The van der Waals surface area contributed by atoms with E-state index in [-0.39, 0.29) is 5.75 Å². The highest BCUT2D eigenvalue weighted by Crippen LogP contribution is 2.34. The van der Waals surface area contributed by atoms with Crippen LogP contribution < -0.4 is 0 Å². The van der Waals surface area contributed by atoms with E-state index in [0.29, 0.717) is 0 Å². The Morgan fingerprint density at radius 1 is 0.692 bits per heavy atom. The molecule has 0 aliphatic rings. The van der Waals surface area contributed by atoms with Crippen molar-refractivity contribution in [3.63, 3.8) is 0 Å². The zero-order valence-corrected chi connectivity index (χ0v) is 15.6. The predicted octanol–water partition coefficient (Wildman–Crippen LogP) is 6.71. The lowest BCUT2D eigenvalue weighted by molar-refractivity contribution is 0.475. The Morgan fingerprint density at radius 3 is 1.85 bits per heavy atom. The maximum Gasteiger partial charge on any atom is 0.115 e. The van der Waals surface area contributed by atoms with E-state index in [4.69, 9.17) is 0 Å². The number of benzene rings is 3. The van der Waals surface area contributed by atoms with Gasteiger partial charge in [0.25, 0.3) is 0 Å². The minimum atomic E-state index is 0.267. The van der Waals surface area contributed by atoms with Crippen LogP contribution in [0.25, 0.3) is 22.3 Å². The van der Waals surface area contributed by atoms with Gasteiger partial charge in [0, 0.05) is 0 Å². The first-order chi connectivity index (χ1) is 12.4. The van der Waals surface area contributed by atoms with Gasteiger partial charge in [-0.1, -0.05) is 61.7 Å². The van der Waals surface area contributed by atoms with Crippen LogP contribution in [0.15, 0.2) is 73.8 Å². The van der Waals surface area contributed by atoms with Crippen LogP contribution in [0.4, 0.5) is 0 Å². The first-order valence-electron chi connectivity index (χ1n) is 8.73. The summed E-state index contributed by atoms with van der Waals surface area (Å²) < 4.78 is 0. The summed E-state index contributed by atoms with van der Waals surface area (Å²) in [6.07, 6.45) is 0. The number of aromatic hydroxyl groups is 1. The SMILES string of the molecule is C=C(C(=C)c1ccc(-c2ccccc2C)cc1C)c1ccc(O)cc1C. The van der Waals surface area contributed by atoms with E-state index in [1.54, 1.807) is 12.1 Å². The second-order valence-electron chi connectivity index (χ2n) is 6.80. The monoisotopic (exact) mass is 340 g/mol. The lowest BCUT2D eigenvalue weighted by Gasteiger charge is -2.16. The van der Waals surface area contributed by atoms with Crippen molar-refractivity contribution >= 4 is 11.1 Å². The zero-order valence-electron chi connectivity index (χ0n) is 15.6. The Bertz CT molecular complexity index is 1010. The molecule has 0 radical (unpaired) electrons. The largest absolute Gasteiger partial charge is 0.508 e. The summed E-state index contributed by atoms with van der Waals surface area (Å²) >= 11 is 0. The second-order valence-corrected chi connectivity index (χ2v) is 6.80. The van der Waals surface area contributed by atoms with Crippen LogP contribution in [0.1, 0.15) is 27.8 Å². The van der Waals surface area contributed by atoms with Crippen molar-refractivity contribution in [1.82, 2.24) is 0 Å². The molecule has 1 nitrogen and oxygen atoms in total. The van der Waals surface area contributed by atoms with Gasteiger partial charge < -0.3 is 5.11 Å². The molecule has 0 spiro atoms. The molecule has 3 aromatic carbocycles. The average Bonchev–Trinajstić information content (AvgIpc) is 2.61. The normalized spacial score (nSPS) is 10.6. The van der Waals surface area contributed by atoms with Crippen LogP contribution in [0.3, 0.4) is 0 Å². The maximum absolute atomic E-state index is 9.63. The van der Waals surface area contributed by atoms with Crippen molar-refractivity contribution in [3.8, 4) is 16.9 Å². The standard InChI is InChI=1S/C25H24O/c1-16-8-6-7-9-25(16)21-10-12-23(17(2)14-21)19(4)20(5)24-13-11-22(26)15-18(24)3/h6-15,26H,4-5H2,1-3H3. The number of phenols is 1. The van der Waals surface area contributed by atoms with Crippen LogP contribution in [0.2, 0.25) is 0 Å². The molecule has 0 unspecified atom stereocenters. The van der Waals surface area contributed by atoms with E-state index in [2.05, 4.69) is 69.5 Å². The van der Waals surface area contributed by atoms with Crippen molar-refractivity contribution in [2.45, 2.75) is 20.8 Å². The molecule has 26 heavy (non-hydrogen) atoms. The first kappa shape index (κ1) is 17.8. The maximum atomic E-state index is 9.63. The third-order valence-electron chi connectivity index (χ3n) is 4.91. The van der Waals surface area contributed by atoms with Crippen molar-refractivity contribution in [3.05, 3.63) is 102 Å². The molecule has 0 atom stereocenters. The molecular weight excluding hydrogens is 316 g/mol. The molecule has 3 rings (SSSR count). The predicted molar refractivity (Wildman–Crippen MR) is 112 cm³/mol. The van der Waals surface area contributed by atoms with Gasteiger partial charge in [-0.25, -0.2) is 0 Å². The van der Waals surface area contributed by atoms with Gasteiger partial charge in [-0.05, 0) is 83.0 Å². The van der Waals surface area contributed by atoms with Gasteiger partial charge in [0.2, 0.25) is 0 Å². The summed E-state index contributed by atoms with van der Waals surface area (Å²) in [6.45, 7) is 14.7. The molecule has 0 fully saturated rings. The summed E-state index contributed by atoms with van der Waals surface area (Å²) in [7, 11) is 0. The highest BCUT2D eigenvalue weighted by molar-refractivity contribution is 6.04. The van der Waals surface area contributed by atoms with Crippen LogP contribution in [0.5, 0.6) is 5.75 Å². The minimum Gasteiger partial charge on any atom is -0.508 e. The van der Waals surface area contributed by atoms with Crippen molar-refractivity contribution in [2.75, 3.05) is 0 Å². The fourth-order valence-corrected chi connectivity index (χ4v) is 3.38. The Labute approximate surface area is 156 Å². The zero-order chi connectivity index (χ0) is 18.8. The van der Waals surface area contributed by atoms with E-state index in [0.717, 1.165) is 27.8 Å². The molecule has 0 aliphatic carbocycles. The first-order valence-corrected chi connectivity index (χ1v) is 8.73. The molecule has 0 heterocycles. The number of phenolic OH excluding ortho intramolecular Hbond substituents is 1. The molecule has 3 aromatic rings. The number of allylic oxidation sites excluding steroid dienone is 2. The molecule has 0 amide bonds. The second kappa shape index (κ2) is 7.05. The number of aryl methyl sites for hydroxylation is 3. The van der Waals surface area contributed by atoms with E-state index < -0.39 is 0 Å². The molecule has 0 aromatic heterocycles. The lowest BCUT2D eigenvalue weighted by atomic mass is 9.88. The average molecular weight is 340 g/mol. The summed E-state index contributed by atoms with van der Waals surface area (Å²) in [4.78, 5) is 0. The van der Waals surface area contributed by atoms with Crippen molar-refractivity contribution < 1.29 is 5.11 Å². The fraction of sp³-hybridized carbons (Fsp3) is 0.120. The smallest absolute Gasteiger partial charge is 0.115 e. The fourth-order valence-electron chi connectivity index (χ4n) is 3.38. The molecule has 0 saturated carbocycles. The summed E-state index contributed by atoms with van der Waals surface area (Å²) in [5.41, 5.74) is 9.79. The summed E-state index contributed by atoms with van der Waals surface area (Å²) in [6, 6.07) is 20.2. The van der Waals surface area contributed by atoms with E-state index in [9.17, 15) is 5.11 Å². The van der Waals surface area contributed by atoms with Gasteiger partial charge in [0.15, 0.2) is 0 Å². The van der Waals surface area contributed by atoms with Gasteiger partial charge in [-0.2, -0.15) is 0 Å². The Hall–Kier alpha value is -3.06. The quantitative estimate of drug-likeness (QED) is 0.523. The highest BCUT2D eigenvalue weighted by atomic mass is 16.3. The van der Waals surface area contributed by atoms with Crippen molar-refractivity contribution in [2.24, 2.45) is 0 Å². The third-order valence-corrected chi connectivity index (χ3v) is 4.91. The molecule has 1 N–H and O–H groups in total. The van der Waals surface area contributed by atoms with Crippen molar-refractivity contribution in [1.29, 1.82) is 0 Å². The van der Waals surface area contributed by atoms with Gasteiger partial charge in [-0.3, -0.25) is 0 Å². The van der Waals surface area contributed by atoms with Gasteiger partial charge >= 0.3 is 0 Å². The van der Waals surface area contributed by atoms with Gasteiger partial charge in [0.05, 0.1) is 0 Å². The van der Waals surface area contributed by atoms with Crippen LogP contribution in [0, 0.1) is 20.8 Å². The Kier molecular flexibility index (Phi) is 4.81. The summed E-state index contributed by atoms with van der Waals surface area (Å²) in [5, 5.41) is 9.63. The molecule has 0 aliphatic heterocycles. The third kappa shape index (κ3) is 3.34. The van der Waals surface area contributed by atoms with E-state index in [1.165, 1.54) is 22.3 Å². The van der Waals surface area contributed by atoms with Crippen LogP contribution in [-0.2, 0) is 0 Å². The molecule has 130 valence electrons. The van der Waals surface area contributed by atoms with E-state index in [1.807, 2.05) is 13.0 Å². The van der Waals surface area contributed by atoms with E-state index >= 15 is 0 Å². The minimum absolute atomic E-state index is 0.267. The Morgan fingerprint density at radius 2 is 1.27 bits per heavy atom. The number of hydrogen-bond donors (Lipinski definition) is 1. The molecule has 1 heteroatoms. The molecule has 0 bridgehead atoms. The van der Waals surface area contributed by atoms with Crippen LogP contribution >= 0.6 is 0 Å². The summed E-state index contributed by atoms with van der Waals surface area (Å²) in [5.74, 6) is 0.267. The molecular formula is C25H24O.